The fraction of sp³-hybridized carbons (Fsp3) is 0.533. The summed E-state index contributed by atoms with van der Waals surface area (Å²) in [4.78, 5) is 6.98. The Balaban J connectivity index is 1.52. The highest BCUT2D eigenvalue weighted by Crippen LogP contribution is 2.28. The first kappa shape index (κ1) is 15.0. The average molecular weight is 326 g/mol. The van der Waals surface area contributed by atoms with Gasteiger partial charge in [0.05, 0.1) is 10.2 Å². The fourth-order valence-electron chi connectivity index (χ4n) is 2.80. The van der Waals surface area contributed by atoms with Crippen molar-refractivity contribution in [1.29, 1.82) is 0 Å². The second kappa shape index (κ2) is 6.92. The van der Waals surface area contributed by atoms with E-state index in [-0.39, 0.29) is 0 Å². The third-order valence-corrected chi connectivity index (χ3v) is 5.13. The molecule has 1 fully saturated rings. The molecule has 2 N–H and O–H groups in total. The van der Waals surface area contributed by atoms with Gasteiger partial charge in [0.25, 0.3) is 0 Å². The van der Waals surface area contributed by atoms with Crippen molar-refractivity contribution in [1.82, 2.24) is 9.88 Å². The van der Waals surface area contributed by atoms with Gasteiger partial charge in [-0.1, -0.05) is 22.9 Å². The van der Waals surface area contributed by atoms with Crippen LogP contribution in [-0.2, 0) is 0 Å². The van der Waals surface area contributed by atoms with Crippen LogP contribution >= 0.6 is 22.9 Å². The van der Waals surface area contributed by atoms with Gasteiger partial charge in [0, 0.05) is 31.3 Å². The molecule has 1 atom stereocenters. The van der Waals surface area contributed by atoms with Gasteiger partial charge in [0.1, 0.15) is 0 Å². The molecule has 1 unspecified atom stereocenters. The van der Waals surface area contributed by atoms with E-state index in [1.807, 2.05) is 18.2 Å². The fourth-order valence-corrected chi connectivity index (χ4v) is 3.97. The molecule has 0 bridgehead atoms. The topological polar surface area (TPSA) is 48.4 Å². The molecule has 1 aromatic heterocycles. The Morgan fingerprint density at radius 2 is 2.38 bits per heavy atom. The first-order valence-electron chi connectivity index (χ1n) is 7.38. The van der Waals surface area contributed by atoms with Gasteiger partial charge in [-0.05, 0) is 43.5 Å². The van der Waals surface area contributed by atoms with E-state index in [1.165, 1.54) is 6.42 Å². The standard InChI is InChI=1S/C15H20ClN3OS/c16-12-3-4-13-14(8-12)21-15(18-13)17-5-7-19-6-1-2-11(9-19)10-20/h3-4,8,11,20H,1-2,5-7,9-10H2,(H,17,18). The zero-order chi connectivity index (χ0) is 14.7. The van der Waals surface area contributed by atoms with E-state index in [0.29, 0.717) is 12.5 Å². The molecule has 4 nitrogen and oxygen atoms in total. The largest absolute Gasteiger partial charge is 0.396 e. The van der Waals surface area contributed by atoms with Crippen molar-refractivity contribution in [3.05, 3.63) is 23.2 Å². The maximum Gasteiger partial charge on any atom is 0.183 e. The number of hydrogen-bond acceptors (Lipinski definition) is 5. The van der Waals surface area contributed by atoms with E-state index in [0.717, 1.165) is 53.0 Å². The van der Waals surface area contributed by atoms with Gasteiger partial charge >= 0.3 is 0 Å². The Morgan fingerprint density at radius 3 is 3.24 bits per heavy atom. The molecule has 0 aliphatic carbocycles. The second-order valence-electron chi connectivity index (χ2n) is 5.55. The van der Waals surface area contributed by atoms with E-state index in [4.69, 9.17) is 11.6 Å². The summed E-state index contributed by atoms with van der Waals surface area (Å²) in [5, 5.41) is 14.3. The zero-order valence-electron chi connectivity index (χ0n) is 11.9. The third-order valence-electron chi connectivity index (χ3n) is 3.92. The van der Waals surface area contributed by atoms with Crippen molar-refractivity contribution in [3.63, 3.8) is 0 Å². The summed E-state index contributed by atoms with van der Waals surface area (Å²) in [7, 11) is 0. The Kier molecular flexibility index (Phi) is 4.95. The number of fused-ring (bicyclic) bond motifs is 1. The molecule has 3 rings (SSSR count). The maximum absolute atomic E-state index is 9.25. The Morgan fingerprint density at radius 1 is 1.48 bits per heavy atom. The molecule has 0 saturated carbocycles. The third kappa shape index (κ3) is 3.86. The van der Waals surface area contributed by atoms with Crippen molar-refractivity contribution in [2.75, 3.05) is 38.1 Å². The molecule has 2 heterocycles. The van der Waals surface area contributed by atoms with Crippen molar-refractivity contribution in [2.24, 2.45) is 5.92 Å². The van der Waals surface area contributed by atoms with E-state index >= 15 is 0 Å². The number of likely N-dealkylation sites (tertiary alicyclic amines) is 1. The number of hydrogen-bond donors (Lipinski definition) is 2. The van der Waals surface area contributed by atoms with Crippen LogP contribution in [0.15, 0.2) is 18.2 Å². The molecule has 114 valence electrons. The Bertz CT molecular complexity index is 604. The van der Waals surface area contributed by atoms with Crippen LogP contribution in [0, 0.1) is 5.92 Å². The summed E-state index contributed by atoms with van der Waals surface area (Å²) in [6, 6.07) is 5.78. The van der Waals surface area contributed by atoms with E-state index in [9.17, 15) is 5.11 Å². The molecule has 6 heteroatoms. The van der Waals surface area contributed by atoms with Gasteiger partial charge in [0.2, 0.25) is 0 Å². The van der Waals surface area contributed by atoms with Crippen LogP contribution in [-0.4, -0.2) is 47.8 Å². The summed E-state index contributed by atoms with van der Waals surface area (Å²) in [6.45, 7) is 4.32. The minimum absolute atomic E-state index is 0.308. The van der Waals surface area contributed by atoms with Gasteiger partial charge in [-0.2, -0.15) is 0 Å². The number of benzene rings is 1. The zero-order valence-corrected chi connectivity index (χ0v) is 13.5. The SMILES string of the molecule is OCC1CCCN(CCNc2nc3ccc(Cl)cc3s2)C1. The van der Waals surface area contributed by atoms with Crippen LogP contribution in [0.2, 0.25) is 5.02 Å². The molecule has 0 amide bonds. The highest BCUT2D eigenvalue weighted by atomic mass is 35.5. The number of rotatable bonds is 5. The second-order valence-corrected chi connectivity index (χ2v) is 7.02. The van der Waals surface area contributed by atoms with Gasteiger partial charge in [0.15, 0.2) is 5.13 Å². The first-order valence-corrected chi connectivity index (χ1v) is 8.57. The number of piperidine rings is 1. The Hall–Kier alpha value is -0.880. The van der Waals surface area contributed by atoms with Crippen molar-refractivity contribution >= 4 is 38.3 Å². The summed E-state index contributed by atoms with van der Waals surface area (Å²) in [5.41, 5.74) is 0.991. The number of nitrogens with zero attached hydrogens (tertiary/aromatic N) is 2. The minimum Gasteiger partial charge on any atom is -0.396 e. The normalized spacial score (nSPS) is 20.0. The lowest BCUT2D eigenvalue weighted by molar-refractivity contribution is 0.123. The van der Waals surface area contributed by atoms with Crippen LogP contribution in [0.1, 0.15) is 12.8 Å². The summed E-state index contributed by atoms with van der Waals surface area (Å²) in [6.07, 6.45) is 2.34. The molecule has 1 saturated heterocycles. The maximum atomic E-state index is 9.25. The summed E-state index contributed by atoms with van der Waals surface area (Å²) < 4.78 is 1.11. The molecular weight excluding hydrogens is 306 g/mol. The highest BCUT2D eigenvalue weighted by molar-refractivity contribution is 7.22. The molecule has 0 radical (unpaired) electrons. The minimum atomic E-state index is 0.308. The predicted octanol–water partition coefficient (Wildman–Crippen LogP) is 3.07. The number of thiazole rings is 1. The number of aliphatic hydroxyl groups is 1. The lowest BCUT2D eigenvalue weighted by atomic mass is 9.99. The van der Waals surface area contributed by atoms with Gasteiger partial charge in [-0.3, -0.25) is 0 Å². The monoisotopic (exact) mass is 325 g/mol. The van der Waals surface area contributed by atoms with Crippen molar-refractivity contribution < 1.29 is 5.11 Å². The van der Waals surface area contributed by atoms with E-state index in [1.54, 1.807) is 11.3 Å². The molecule has 1 aliphatic rings. The van der Waals surface area contributed by atoms with Crippen molar-refractivity contribution in [2.45, 2.75) is 12.8 Å². The van der Waals surface area contributed by atoms with E-state index in [2.05, 4.69) is 15.2 Å². The van der Waals surface area contributed by atoms with Crippen LogP contribution in [0.25, 0.3) is 10.2 Å². The van der Waals surface area contributed by atoms with Gasteiger partial charge in [-0.25, -0.2) is 4.98 Å². The Labute approximate surface area is 133 Å². The molecule has 2 aromatic rings. The number of nitrogens with one attached hydrogen (secondary N) is 1. The first-order chi connectivity index (χ1) is 10.2. The highest BCUT2D eigenvalue weighted by Gasteiger charge is 2.18. The number of aromatic nitrogens is 1. The lowest BCUT2D eigenvalue weighted by Crippen LogP contribution is -2.39. The molecule has 0 spiro atoms. The van der Waals surface area contributed by atoms with Crippen LogP contribution in [0.4, 0.5) is 5.13 Å². The number of anilines is 1. The average Bonchev–Trinajstić information content (AvgIpc) is 2.89. The van der Waals surface area contributed by atoms with Crippen LogP contribution < -0.4 is 5.32 Å². The quantitative estimate of drug-likeness (QED) is 0.887. The molecular formula is C15H20ClN3OS. The lowest BCUT2D eigenvalue weighted by Gasteiger charge is -2.31. The van der Waals surface area contributed by atoms with Gasteiger partial charge in [-0.15, -0.1) is 0 Å². The predicted molar refractivity (Wildman–Crippen MR) is 89.4 cm³/mol. The van der Waals surface area contributed by atoms with Crippen molar-refractivity contribution in [3.8, 4) is 0 Å². The smallest absolute Gasteiger partial charge is 0.183 e. The summed E-state index contributed by atoms with van der Waals surface area (Å²) >= 11 is 7.63. The molecule has 1 aromatic carbocycles. The van der Waals surface area contributed by atoms with Crippen LogP contribution in [0.3, 0.4) is 0 Å². The van der Waals surface area contributed by atoms with E-state index < -0.39 is 0 Å². The number of aliphatic hydroxyl groups excluding tert-OH is 1. The van der Waals surface area contributed by atoms with Crippen LogP contribution in [0.5, 0.6) is 0 Å². The number of halogens is 1. The van der Waals surface area contributed by atoms with Gasteiger partial charge < -0.3 is 15.3 Å². The summed E-state index contributed by atoms with van der Waals surface area (Å²) in [5.74, 6) is 0.448. The molecule has 1 aliphatic heterocycles. The molecule has 21 heavy (non-hydrogen) atoms.